The smallest absolute Gasteiger partial charge is 0.338 e. The molecular formula is C37H37N3O3S. The van der Waals surface area contributed by atoms with Gasteiger partial charge in [-0.1, -0.05) is 111 Å². The Morgan fingerprint density at radius 3 is 2.43 bits per heavy atom. The second-order valence-electron chi connectivity index (χ2n) is 11.5. The van der Waals surface area contributed by atoms with E-state index in [1.807, 2.05) is 48.5 Å². The zero-order valence-corrected chi connectivity index (χ0v) is 26.4. The van der Waals surface area contributed by atoms with Gasteiger partial charge in [-0.15, -0.1) is 0 Å². The maximum Gasteiger partial charge on any atom is 0.338 e. The Bertz CT molecular complexity index is 2030. The Morgan fingerprint density at radius 2 is 1.73 bits per heavy atom. The van der Waals surface area contributed by atoms with Crippen LogP contribution in [0.15, 0.2) is 106 Å². The van der Waals surface area contributed by atoms with E-state index >= 15 is 0 Å². The first kappa shape index (κ1) is 29.6. The topological polar surface area (TPSA) is 65.6 Å². The Morgan fingerprint density at radius 1 is 1.00 bits per heavy atom. The van der Waals surface area contributed by atoms with E-state index < -0.39 is 12.0 Å². The Labute approximate surface area is 261 Å². The molecule has 7 heteroatoms. The highest BCUT2D eigenvalue weighted by atomic mass is 32.1. The van der Waals surface area contributed by atoms with Crippen molar-refractivity contribution in [2.45, 2.75) is 59.0 Å². The number of rotatable bonds is 9. The lowest BCUT2D eigenvalue weighted by Crippen LogP contribution is -2.40. The number of allylic oxidation sites excluding steroid dienone is 1. The molecule has 0 spiro atoms. The molecule has 0 saturated heterocycles. The van der Waals surface area contributed by atoms with Gasteiger partial charge in [0.15, 0.2) is 4.80 Å². The maximum absolute atomic E-state index is 14.3. The molecule has 0 unspecified atom stereocenters. The van der Waals surface area contributed by atoms with Crippen molar-refractivity contribution < 1.29 is 9.53 Å². The van der Waals surface area contributed by atoms with Gasteiger partial charge in [-0.3, -0.25) is 9.36 Å². The van der Waals surface area contributed by atoms with Crippen LogP contribution in [0.1, 0.15) is 74.8 Å². The molecule has 6 nitrogen and oxygen atoms in total. The number of para-hydroxylation sites is 1. The van der Waals surface area contributed by atoms with Gasteiger partial charge in [-0.25, -0.2) is 9.79 Å². The standard InChI is InChI=1S/C37H37N3O3S/c1-5-12-30-33(36(42)43-6-2)34(27-19-17-26(18-20-27)24(3)4)40-35(41)32(44-37(40)38-30)21-28-23-39(22-25-13-8-7-9-14-25)31-16-11-10-15-29(28)31/h7-11,13-21,23-24,34H,5-6,12,22H2,1-4H3/b32-21-/t34-/m0/s1. The molecule has 0 amide bonds. The number of aromatic nitrogens is 2. The largest absolute Gasteiger partial charge is 0.463 e. The summed E-state index contributed by atoms with van der Waals surface area (Å²) in [6.45, 7) is 9.15. The van der Waals surface area contributed by atoms with Gasteiger partial charge in [0.05, 0.1) is 28.5 Å². The van der Waals surface area contributed by atoms with Crippen LogP contribution in [-0.2, 0) is 16.1 Å². The number of hydrogen-bond donors (Lipinski definition) is 0. The fourth-order valence-electron chi connectivity index (χ4n) is 5.94. The molecule has 0 saturated carbocycles. The van der Waals surface area contributed by atoms with Crippen molar-refractivity contribution in [1.29, 1.82) is 0 Å². The molecule has 2 aromatic heterocycles. The van der Waals surface area contributed by atoms with Gasteiger partial charge >= 0.3 is 5.97 Å². The minimum Gasteiger partial charge on any atom is -0.463 e. The number of fused-ring (bicyclic) bond motifs is 2. The third kappa shape index (κ3) is 5.60. The van der Waals surface area contributed by atoms with Crippen molar-refractivity contribution in [3.05, 3.63) is 138 Å². The molecule has 1 aliphatic rings. The molecule has 3 heterocycles. The summed E-state index contributed by atoms with van der Waals surface area (Å²) in [4.78, 5) is 33.3. The van der Waals surface area contributed by atoms with E-state index in [1.54, 1.807) is 11.5 Å². The molecule has 3 aromatic carbocycles. The van der Waals surface area contributed by atoms with Crippen molar-refractivity contribution >= 4 is 34.3 Å². The first-order valence-electron chi connectivity index (χ1n) is 15.3. The van der Waals surface area contributed by atoms with E-state index in [1.165, 1.54) is 22.5 Å². The lowest BCUT2D eigenvalue weighted by molar-refractivity contribution is -0.139. The van der Waals surface area contributed by atoms with E-state index in [0.717, 1.165) is 35.0 Å². The molecule has 5 aromatic rings. The molecular weight excluding hydrogens is 566 g/mol. The highest BCUT2D eigenvalue weighted by Gasteiger charge is 2.34. The summed E-state index contributed by atoms with van der Waals surface area (Å²) in [5, 5.41) is 1.08. The van der Waals surface area contributed by atoms with Crippen LogP contribution in [0, 0.1) is 0 Å². The molecule has 224 valence electrons. The quantitative estimate of drug-likeness (QED) is 0.176. The number of hydrogen-bond acceptors (Lipinski definition) is 5. The number of ether oxygens (including phenoxy) is 1. The van der Waals surface area contributed by atoms with Crippen molar-refractivity contribution in [1.82, 2.24) is 9.13 Å². The summed E-state index contributed by atoms with van der Waals surface area (Å²) >= 11 is 1.37. The van der Waals surface area contributed by atoms with Crippen LogP contribution in [0.3, 0.4) is 0 Å². The summed E-state index contributed by atoms with van der Waals surface area (Å²) in [6.07, 6.45) is 5.52. The van der Waals surface area contributed by atoms with E-state index in [0.29, 0.717) is 32.9 Å². The third-order valence-electron chi connectivity index (χ3n) is 8.11. The van der Waals surface area contributed by atoms with E-state index in [-0.39, 0.29) is 12.2 Å². The first-order chi connectivity index (χ1) is 21.4. The highest BCUT2D eigenvalue weighted by molar-refractivity contribution is 7.07. The average molecular weight is 604 g/mol. The van der Waals surface area contributed by atoms with Crippen LogP contribution < -0.4 is 14.9 Å². The summed E-state index contributed by atoms with van der Waals surface area (Å²) in [5.41, 5.74) is 6.32. The van der Waals surface area contributed by atoms with Gasteiger partial charge in [0.1, 0.15) is 0 Å². The highest BCUT2D eigenvalue weighted by Crippen LogP contribution is 2.33. The van der Waals surface area contributed by atoms with Crippen LogP contribution in [0.5, 0.6) is 0 Å². The fraction of sp³-hybridized carbons (Fsp3) is 0.270. The Hall–Kier alpha value is -4.49. The zero-order chi connectivity index (χ0) is 30.8. The van der Waals surface area contributed by atoms with Gasteiger partial charge in [0.2, 0.25) is 0 Å². The lowest BCUT2D eigenvalue weighted by Gasteiger charge is -2.26. The molecule has 0 radical (unpaired) electrons. The Balaban J connectivity index is 1.54. The average Bonchev–Trinajstić information content (AvgIpc) is 3.53. The fourth-order valence-corrected chi connectivity index (χ4v) is 6.95. The Kier molecular flexibility index (Phi) is 8.49. The molecule has 0 aliphatic carbocycles. The number of nitrogens with zero attached hydrogens (tertiary/aromatic N) is 3. The van der Waals surface area contributed by atoms with Crippen LogP contribution in [0.2, 0.25) is 0 Å². The van der Waals surface area contributed by atoms with Crippen LogP contribution in [-0.4, -0.2) is 21.7 Å². The number of carbonyl (C=O) groups is 1. The third-order valence-corrected chi connectivity index (χ3v) is 9.10. The second-order valence-corrected chi connectivity index (χ2v) is 12.5. The molecule has 1 atom stereocenters. The SMILES string of the molecule is CCCC1=C(C(=O)OCC)[C@H](c2ccc(C(C)C)cc2)n2c(s/c(=C\c3cn(Cc4ccccc4)c4ccccc34)c2=O)=N1. The maximum atomic E-state index is 14.3. The first-order valence-corrected chi connectivity index (χ1v) is 16.1. The molecule has 0 N–H and O–H groups in total. The predicted octanol–water partition coefficient (Wildman–Crippen LogP) is 6.70. The van der Waals surface area contributed by atoms with Gasteiger partial charge in [0, 0.05) is 29.2 Å². The summed E-state index contributed by atoms with van der Waals surface area (Å²) in [5.74, 6) is -0.0540. The van der Waals surface area contributed by atoms with Crippen LogP contribution in [0.25, 0.3) is 17.0 Å². The lowest BCUT2D eigenvalue weighted by atomic mass is 9.92. The van der Waals surface area contributed by atoms with Gasteiger partial charge in [-0.2, -0.15) is 0 Å². The van der Waals surface area contributed by atoms with Gasteiger partial charge in [-0.05, 0) is 48.1 Å². The van der Waals surface area contributed by atoms with E-state index in [4.69, 9.17) is 9.73 Å². The minimum atomic E-state index is -0.616. The second kappa shape index (κ2) is 12.6. The molecule has 0 fully saturated rings. The van der Waals surface area contributed by atoms with E-state index in [2.05, 4.69) is 67.9 Å². The predicted molar refractivity (Wildman–Crippen MR) is 178 cm³/mol. The van der Waals surface area contributed by atoms with Crippen molar-refractivity contribution in [3.63, 3.8) is 0 Å². The monoisotopic (exact) mass is 603 g/mol. The molecule has 6 rings (SSSR count). The minimum absolute atomic E-state index is 0.163. The number of thiazole rings is 1. The summed E-state index contributed by atoms with van der Waals surface area (Å²) in [6, 6.07) is 26.2. The molecule has 1 aliphatic heterocycles. The van der Waals surface area contributed by atoms with Gasteiger partial charge < -0.3 is 9.30 Å². The molecule has 44 heavy (non-hydrogen) atoms. The number of benzene rings is 3. The van der Waals surface area contributed by atoms with E-state index in [9.17, 15) is 9.59 Å². The van der Waals surface area contributed by atoms with Crippen molar-refractivity contribution in [2.24, 2.45) is 4.99 Å². The number of carbonyl (C=O) groups excluding carboxylic acids is 1. The zero-order valence-electron chi connectivity index (χ0n) is 25.6. The van der Waals surface area contributed by atoms with Crippen LogP contribution >= 0.6 is 11.3 Å². The van der Waals surface area contributed by atoms with Crippen LogP contribution in [0.4, 0.5) is 0 Å². The number of esters is 1. The molecule has 0 bridgehead atoms. The van der Waals surface area contributed by atoms with Gasteiger partial charge in [0.25, 0.3) is 5.56 Å². The van der Waals surface area contributed by atoms with Crippen molar-refractivity contribution in [3.8, 4) is 0 Å². The summed E-state index contributed by atoms with van der Waals surface area (Å²) < 4.78 is 10.0. The normalized spacial score (nSPS) is 15.1. The van der Waals surface area contributed by atoms with Crippen molar-refractivity contribution in [2.75, 3.05) is 6.61 Å². The summed E-state index contributed by atoms with van der Waals surface area (Å²) in [7, 11) is 0.